The van der Waals surface area contributed by atoms with E-state index in [1.165, 1.54) is 14.0 Å². The van der Waals surface area contributed by atoms with Gasteiger partial charge in [0, 0.05) is 7.05 Å². The van der Waals surface area contributed by atoms with Crippen LogP contribution < -0.4 is 21.3 Å². The Kier molecular flexibility index (Phi) is 7.40. The van der Waals surface area contributed by atoms with Crippen molar-refractivity contribution in [2.24, 2.45) is 5.92 Å². The average molecular weight is 330 g/mol. The van der Waals surface area contributed by atoms with Crippen LogP contribution in [0.1, 0.15) is 40.0 Å². The maximum Gasteiger partial charge on any atom is 0.244 e. The minimum absolute atomic E-state index is 0.195. The fourth-order valence-corrected chi connectivity index (χ4v) is 2.73. The highest BCUT2D eigenvalue weighted by Crippen LogP contribution is 2.18. The summed E-state index contributed by atoms with van der Waals surface area (Å²) in [5, 5.41) is 31.5. The largest absolute Gasteiger partial charge is 0.358 e. The van der Waals surface area contributed by atoms with Gasteiger partial charge in [-0.2, -0.15) is 0 Å². The van der Waals surface area contributed by atoms with Crippen LogP contribution in [0.15, 0.2) is 0 Å². The molecule has 0 aliphatic carbocycles. The molecule has 0 radical (unpaired) electrons. The first-order valence-electron chi connectivity index (χ1n) is 8.20. The number of carbonyl (C=O) groups excluding carboxylic acids is 2. The van der Waals surface area contributed by atoms with Crippen molar-refractivity contribution in [3.05, 3.63) is 0 Å². The number of likely N-dealkylation sites (N-methyl/N-ethyl adjacent to an activating group) is 1. The molecule has 0 unspecified atom stereocenters. The zero-order chi connectivity index (χ0) is 17.6. The van der Waals surface area contributed by atoms with E-state index >= 15 is 0 Å². The van der Waals surface area contributed by atoms with Crippen molar-refractivity contribution in [3.8, 4) is 0 Å². The molecule has 1 rings (SSSR count). The molecule has 8 nitrogen and oxygen atoms in total. The van der Waals surface area contributed by atoms with Crippen LogP contribution >= 0.6 is 0 Å². The molecule has 8 heteroatoms. The summed E-state index contributed by atoms with van der Waals surface area (Å²) in [7, 11) is 1.47. The van der Waals surface area contributed by atoms with E-state index in [0.29, 0.717) is 6.42 Å². The molecule has 0 aromatic heterocycles. The molecule has 1 heterocycles. The fourth-order valence-electron chi connectivity index (χ4n) is 2.73. The predicted octanol–water partition coefficient (Wildman–Crippen LogP) is -1.37. The molecule has 6 N–H and O–H groups in total. The molecule has 134 valence electrons. The minimum atomic E-state index is -2.39. The molecule has 23 heavy (non-hydrogen) atoms. The standard InChI is InChI=1S/C15H30N4O4/c1-5-9(2)12(18-14(21)11-7-6-8-17-11)15(22,23)19-10(3)13(20)16-4/h9-12,17,19,22-23H,5-8H2,1-4H3,(H,16,20)(H,18,21)/t9-,10-,11-,12-/m0/s1. The monoisotopic (exact) mass is 330 g/mol. The van der Waals surface area contributed by atoms with Crippen molar-refractivity contribution in [1.29, 1.82) is 0 Å². The second-order valence-electron chi connectivity index (χ2n) is 6.23. The Labute approximate surface area is 137 Å². The third-order valence-electron chi connectivity index (χ3n) is 4.39. The lowest BCUT2D eigenvalue weighted by atomic mass is 9.94. The van der Waals surface area contributed by atoms with E-state index in [-0.39, 0.29) is 23.8 Å². The summed E-state index contributed by atoms with van der Waals surface area (Å²) in [6.07, 6.45) is 2.29. The van der Waals surface area contributed by atoms with Crippen LogP contribution in [0.25, 0.3) is 0 Å². The lowest BCUT2D eigenvalue weighted by molar-refractivity contribution is -0.220. The molecule has 0 bridgehead atoms. The summed E-state index contributed by atoms with van der Waals surface area (Å²) in [5.74, 6) is -3.21. The Bertz CT molecular complexity index is 410. The number of nitrogens with one attached hydrogen (secondary N) is 4. The number of amides is 2. The van der Waals surface area contributed by atoms with Gasteiger partial charge in [0.2, 0.25) is 17.7 Å². The van der Waals surface area contributed by atoms with Gasteiger partial charge in [0.1, 0.15) is 6.04 Å². The van der Waals surface area contributed by atoms with E-state index in [4.69, 9.17) is 0 Å². The smallest absolute Gasteiger partial charge is 0.244 e. The molecular weight excluding hydrogens is 300 g/mol. The SMILES string of the molecule is CC[C@H](C)[C@H](NC(=O)[C@@H]1CCCN1)C(O)(O)N[C@@H](C)C(=O)NC. The Balaban J connectivity index is 2.81. The average Bonchev–Trinajstić information content (AvgIpc) is 3.04. The Morgan fingerprint density at radius 2 is 2.00 bits per heavy atom. The van der Waals surface area contributed by atoms with Crippen LogP contribution in [0.3, 0.4) is 0 Å². The van der Waals surface area contributed by atoms with Crippen molar-refractivity contribution in [1.82, 2.24) is 21.3 Å². The van der Waals surface area contributed by atoms with Crippen LogP contribution in [0.4, 0.5) is 0 Å². The summed E-state index contributed by atoms with van der Waals surface area (Å²) < 4.78 is 0. The molecular formula is C15H30N4O4. The Morgan fingerprint density at radius 3 is 2.48 bits per heavy atom. The van der Waals surface area contributed by atoms with Gasteiger partial charge in [-0.3, -0.25) is 14.9 Å². The zero-order valence-corrected chi connectivity index (χ0v) is 14.3. The van der Waals surface area contributed by atoms with E-state index < -0.39 is 18.0 Å². The number of hydrogen-bond acceptors (Lipinski definition) is 6. The van der Waals surface area contributed by atoms with E-state index in [1.807, 2.05) is 13.8 Å². The van der Waals surface area contributed by atoms with Crippen LogP contribution in [0, 0.1) is 5.92 Å². The molecule has 1 aliphatic heterocycles. The van der Waals surface area contributed by atoms with Crippen molar-refractivity contribution in [2.45, 2.75) is 64.1 Å². The first-order chi connectivity index (χ1) is 10.7. The first kappa shape index (κ1) is 19.8. The highest BCUT2D eigenvalue weighted by molar-refractivity contribution is 5.82. The van der Waals surface area contributed by atoms with Crippen molar-refractivity contribution in [3.63, 3.8) is 0 Å². The Morgan fingerprint density at radius 1 is 1.35 bits per heavy atom. The molecule has 1 saturated heterocycles. The highest BCUT2D eigenvalue weighted by atomic mass is 16.5. The summed E-state index contributed by atoms with van der Waals surface area (Å²) in [4.78, 5) is 23.9. The van der Waals surface area contributed by atoms with Gasteiger partial charge >= 0.3 is 0 Å². The van der Waals surface area contributed by atoms with Gasteiger partial charge in [-0.05, 0) is 32.2 Å². The second kappa shape index (κ2) is 8.58. The van der Waals surface area contributed by atoms with Crippen LogP contribution in [-0.2, 0) is 9.59 Å². The van der Waals surface area contributed by atoms with Gasteiger partial charge in [-0.1, -0.05) is 20.3 Å². The van der Waals surface area contributed by atoms with Gasteiger partial charge in [0.25, 0.3) is 0 Å². The first-order valence-corrected chi connectivity index (χ1v) is 8.20. The quantitative estimate of drug-likeness (QED) is 0.305. The lowest BCUT2D eigenvalue weighted by Gasteiger charge is -2.38. The molecule has 4 atom stereocenters. The summed E-state index contributed by atoms with van der Waals surface area (Å²) in [6.45, 7) is 6.02. The molecule has 0 spiro atoms. The number of aliphatic hydroxyl groups is 2. The zero-order valence-electron chi connectivity index (χ0n) is 14.3. The van der Waals surface area contributed by atoms with Crippen molar-refractivity contribution < 1.29 is 19.8 Å². The van der Waals surface area contributed by atoms with Crippen molar-refractivity contribution >= 4 is 11.8 Å². The van der Waals surface area contributed by atoms with Gasteiger partial charge in [-0.15, -0.1) is 0 Å². The van der Waals surface area contributed by atoms with E-state index in [2.05, 4.69) is 21.3 Å². The maximum atomic E-state index is 12.3. The lowest BCUT2D eigenvalue weighted by Crippen LogP contribution is -2.67. The van der Waals surface area contributed by atoms with Gasteiger partial charge in [0.15, 0.2) is 0 Å². The minimum Gasteiger partial charge on any atom is -0.358 e. The molecule has 0 aromatic carbocycles. The van der Waals surface area contributed by atoms with Gasteiger partial charge < -0.3 is 26.2 Å². The normalized spacial score (nSPS) is 22.3. The number of hydrogen-bond donors (Lipinski definition) is 6. The molecule has 0 saturated carbocycles. The van der Waals surface area contributed by atoms with E-state index in [9.17, 15) is 19.8 Å². The van der Waals surface area contributed by atoms with Crippen molar-refractivity contribution in [2.75, 3.05) is 13.6 Å². The van der Waals surface area contributed by atoms with Crippen LogP contribution in [0.2, 0.25) is 0 Å². The van der Waals surface area contributed by atoms with Gasteiger partial charge in [0.05, 0.1) is 12.1 Å². The third-order valence-corrected chi connectivity index (χ3v) is 4.39. The molecule has 0 aromatic rings. The maximum absolute atomic E-state index is 12.3. The summed E-state index contributed by atoms with van der Waals surface area (Å²) >= 11 is 0. The third kappa shape index (κ3) is 5.42. The van der Waals surface area contributed by atoms with Gasteiger partial charge in [-0.25, -0.2) is 0 Å². The van der Waals surface area contributed by atoms with Crippen LogP contribution in [0.5, 0.6) is 0 Å². The summed E-state index contributed by atoms with van der Waals surface area (Å²) in [5.41, 5.74) is 0. The van der Waals surface area contributed by atoms with E-state index in [1.54, 1.807) is 0 Å². The number of rotatable bonds is 8. The second-order valence-corrected chi connectivity index (χ2v) is 6.23. The topological polar surface area (TPSA) is 123 Å². The number of carbonyl (C=O) groups is 2. The molecule has 1 aliphatic rings. The molecule has 2 amide bonds. The predicted molar refractivity (Wildman–Crippen MR) is 86.2 cm³/mol. The van der Waals surface area contributed by atoms with Crippen LogP contribution in [-0.4, -0.2) is 59.7 Å². The highest BCUT2D eigenvalue weighted by Gasteiger charge is 2.41. The fraction of sp³-hybridized carbons (Fsp3) is 0.867. The molecule has 1 fully saturated rings. The Hall–Kier alpha value is -1.22. The van der Waals surface area contributed by atoms with E-state index in [0.717, 1.165) is 19.4 Å². The summed E-state index contributed by atoms with van der Waals surface area (Å²) in [6, 6.07) is -2.06.